The molecular weight excluding hydrogens is 364 g/mol. The van der Waals surface area contributed by atoms with Crippen LogP contribution in [0.15, 0.2) is 52.9 Å². The summed E-state index contributed by atoms with van der Waals surface area (Å²) in [6.07, 6.45) is 0.926. The molecule has 26 heavy (non-hydrogen) atoms. The summed E-state index contributed by atoms with van der Waals surface area (Å²) in [4.78, 5) is 14.4. The summed E-state index contributed by atoms with van der Waals surface area (Å²) >= 11 is 2.90. The summed E-state index contributed by atoms with van der Waals surface area (Å²) in [6.45, 7) is 2.81. The number of carbonyl (C=O) groups is 1. The second-order valence-electron chi connectivity index (χ2n) is 6.03. The third-order valence-corrected chi connectivity index (χ3v) is 6.26. The molecule has 1 aliphatic heterocycles. The van der Waals surface area contributed by atoms with Crippen molar-refractivity contribution in [2.45, 2.75) is 17.7 Å². The van der Waals surface area contributed by atoms with Gasteiger partial charge in [0.25, 0.3) is 0 Å². The minimum absolute atomic E-state index is 0.114. The van der Waals surface area contributed by atoms with E-state index in [9.17, 15) is 4.79 Å². The van der Waals surface area contributed by atoms with Crippen LogP contribution in [0.4, 0.5) is 16.5 Å². The molecule has 0 spiro atoms. The van der Waals surface area contributed by atoms with Crippen LogP contribution in [-0.4, -0.2) is 28.4 Å². The van der Waals surface area contributed by atoms with Gasteiger partial charge in [-0.2, -0.15) is 0 Å². The van der Waals surface area contributed by atoms with E-state index in [4.69, 9.17) is 0 Å². The molecule has 0 fully saturated rings. The van der Waals surface area contributed by atoms with E-state index in [2.05, 4.69) is 21.6 Å². The minimum Gasteiger partial charge on any atom is -0.330 e. The Bertz CT molecular complexity index is 941. The lowest BCUT2D eigenvalue weighted by Crippen LogP contribution is -2.30. The van der Waals surface area contributed by atoms with Crippen molar-refractivity contribution in [2.75, 3.05) is 22.5 Å². The van der Waals surface area contributed by atoms with Crippen LogP contribution in [-0.2, 0) is 11.2 Å². The Labute approximate surface area is 160 Å². The number of aromatic nitrogens is 2. The second-order valence-corrected chi connectivity index (χ2v) is 8.23. The molecule has 7 heteroatoms. The van der Waals surface area contributed by atoms with Crippen LogP contribution >= 0.6 is 23.1 Å². The molecule has 4 rings (SSSR count). The molecule has 132 valence electrons. The Hall–Kier alpha value is -2.38. The molecule has 0 saturated carbocycles. The number of anilines is 3. The first kappa shape index (κ1) is 17.1. The van der Waals surface area contributed by atoms with Gasteiger partial charge in [-0.1, -0.05) is 59.5 Å². The Balaban J connectivity index is 1.36. The zero-order valence-electron chi connectivity index (χ0n) is 14.3. The summed E-state index contributed by atoms with van der Waals surface area (Å²) in [5.41, 5.74) is 4.45. The highest BCUT2D eigenvalue weighted by molar-refractivity contribution is 8.01. The van der Waals surface area contributed by atoms with Crippen LogP contribution < -0.4 is 10.2 Å². The zero-order chi connectivity index (χ0) is 17.9. The number of para-hydroxylation sites is 2. The number of nitrogens with zero attached hydrogens (tertiary/aromatic N) is 3. The Morgan fingerprint density at radius 3 is 2.88 bits per heavy atom. The molecule has 2 aromatic carbocycles. The Morgan fingerprint density at radius 2 is 2.00 bits per heavy atom. The number of aryl methyl sites for hydroxylation is 1. The van der Waals surface area contributed by atoms with Crippen molar-refractivity contribution in [3.63, 3.8) is 0 Å². The van der Waals surface area contributed by atoms with Gasteiger partial charge in [-0.15, -0.1) is 10.2 Å². The standard InChI is InChI=1S/C19H18N4OS2/c1-13-6-2-4-8-15(13)20-18-21-22-19(26-18)25-12-17(24)23-11-10-14-7-3-5-9-16(14)23/h2-9H,10-12H2,1H3,(H,20,21). The van der Waals surface area contributed by atoms with E-state index in [1.54, 1.807) is 0 Å². The van der Waals surface area contributed by atoms with E-state index in [-0.39, 0.29) is 5.91 Å². The first-order valence-corrected chi connectivity index (χ1v) is 10.2. The highest BCUT2D eigenvalue weighted by Gasteiger charge is 2.24. The Kier molecular flexibility index (Phi) is 4.90. The quantitative estimate of drug-likeness (QED) is 0.668. The number of hydrogen-bond donors (Lipinski definition) is 1. The van der Waals surface area contributed by atoms with E-state index >= 15 is 0 Å². The molecule has 1 aliphatic rings. The SMILES string of the molecule is Cc1ccccc1Nc1nnc(SCC(=O)N2CCc3ccccc32)s1. The van der Waals surface area contributed by atoms with Crippen molar-refractivity contribution in [1.82, 2.24) is 10.2 Å². The highest BCUT2D eigenvalue weighted by atomic mass is 32.2. The number of fused-ring (bicyclic) bond motifs is 1. The maximum absolute atomic E-state index is 12.6. The maximum atomic E-state index is 12.6. The topological polar surface area (TPSA) is 58.1 Å². The molecule has 0 unspecified atom stereocenters. The van der Waals surface area contributed by atoms with Gasteiger partial charge >= 0.3 is 0 Å². The molecule has 1 N–H and O–H groups in total. The van der Waals surface area contributed by atoms with Gasteiger partial charge in [0.1, 0.15) is 0 Å². The largest absolute Gasteiger partial charge is 0.330 e. The van der Waals surface area contributed by atoms with E-state index in [0.29, 0.717) is 5.75 Å². The van der Waals surface area contributed by atoms with Crippen LogP contribution in [0.2, 0.25) is 0 Å². The summed E-state index contributed by atoms with van der Waals surface area (Å²) in [5.74, 6) is 0.483. The first-order chi connectivity index (χ1) is 12.7. The predicted molar refractivity (Wildman–Crippen MR) is 108 cm³/mol. The molecule has 1 aromatic heterocycles. The van der Waals surface area contributed by atoms with E-state index in [1.165, 1.54) is 28.7 Å². The van der Waals surface area contributed by atoms with Gasteiger partial charge in [0.05, 0.1) is 5.75 Å². The van der Waals surface area contributed by atoms with Crippen molar-refractivity contribution < 1.29 is 4.79 Å². The van der Waals surface area contributed by atoms with Crippen molar-refractivity contribution in [1.29, 1.82) is 0 Å². The van der Waals surface area contributed by atoms with Gasteiger partial charge in [0, 0.05) is 17.9 Å². The van der Waals surface area contributed by atoms with Crippen molar-refractivity contribution in [3.05, 3.63) is 59.7 Å². The first-order valence-electron chi connectivity index (χ1n) is 8.38. The fourth-order valence-electron chi connectivity index (χ4n) is 2.95. The number of nitrogens with one attached hydrogen (secondary N) is 1. The van der Waals surface area contributed by atoms with Crippen LogP contribution in [0.25, 0.3) is 0 Å². The lowest BCUT2D eigenvalue weighted by molar-refractivity contribution is -0.116. The molecule has 0 radical (unpaired) electrons. The summed E-state index contributed by atoms with van der Waals surface area (Å²) < 4.78 is 0.793. The Morgan fingerprint density at radius 1 is 1.19 bits per heavy atom. The van der Waals surface area contributed by atoms with Crippen molar-refractivity contribution in [2.24, 2.45) is 0 Å². The number of benzene rings is 2. The van der Waals surface area contributed by atoms with Crippen molar-refractivity contribution >= 4 is 45.5 Å². The van der Waals surface area contributed by atoms with Gasteiger partial charge in [0.15, 0.2) is 4.34 Å². The smallest absolute Gasteiger partial charge is 0.237 e. The fourth-order valence-corrected chi connectivity index (χ4v) is 4.59. The third kappa shape index (κ3) is 3.59. The van der Waals surface area contributed by atoms with Gasteiger partial charge in [0.2, 0.25) is 11.0 Å². The fraction of sp³-hybridized carbons (Fsp3) is 0.211. The average molecular weight is 383 g/mol. The summed E-state index contributed by atoms with van der Waals surface area (Å²) in [6, 6.07) is 16.1. The lowest BCUT2D eigenvalue weighted by Gasteiger charge is -2.16. The lowest BCUT2D eigenvalue weighted by atomic mass is 10.2. The van der Waals surface area contributed by atoms with E-state index < -0.39 is 0 Å². The molecule has 0 atom stereocenters. The number of hydrogen-bond acceptors (Lipinski definition) is 6. The summed E-state index contributed by atoms with van der Waals surface area (Å²) in [7, 11) is 0. The van der Waals surface area contributed by atoms with Crippen LogP contribution in [0.1, 0.15) is 11.1 Å². The summed E-state index contributed by atoms with van der Waals surface area (Å²) in [5, 5.41) is 12.4. The van der Waals surface area contributed by atoms with Crippen molar-refractivity contribution in [3.8, 4) is 0 Å². The molecule has 5 nitrogen and oxygen atoms in total. The zero-order valence-corrected chi connectivity index (χ0v) is 15.9. The van der Waals surface area contributed by atoms with Gasteiger partial charge in [-0.05, 0) is 36.6 Å². The maximum Gasteiger partial charge on any atom is 0.237 e. The van der Waals surface area contributed by atoms with Crippen LogP contribution in [0.3, 0.4) is 0 Å². The number of thioether (sulfide) groups is 1. The highest BCUT2D eigenvalue weighted by Crippen LogP contribution is 2.31. The number of rotatable bonds is 5. The second kappa shape index (κ2) is 7.47. The van der Waals surface area contributed by atoms with Crippen LogP contribution in [0.5, 0.6) is 0 Å². The normalized spacial score (nSPS) is 12.9. The molecule has 0 saturated heterocycles. The van der Waals surface area contributed by atoms with Gasteiger partial charge in [-0.25, -0.2) is 0 Å². The molecule has 3 aromatic rings. The molecule has 2 heterocycles. The van der Waals surface area contributed by atoms with E-state index in [0.717, 1.165) is 39.4 Å². The number of amides is 1. The van der Waals surface area contributed by atoms with E-state index in [1.807, 2.05) is 54.3 Å². The molecule has 1 amide bonds. The minimum atomic E-state index is 0.114. The van der Waals surface area contributed by atoms with Crippen LogP contribution in [0, 0.1) is 6.92 Å². The van der Waals surface area contributed by atoms with Gasteiger partial charge < -0.3 is 10.2 Å². The predicted octanol–water partition coefficient (Wildman–Crippen LogP) is 4.27. The molecule has 0 bridgehead atoms. The molecule has 0 aliphatic carbocycles. The average Bonchev–Trinajstić information content (AvgIpc) is 3.28. The van der Waals surface area contributed by atoms with Gasteiger partial charge in [-0.3, -0.25) is 4.79 Å². The third-order valence-electron chi connectivity index (χ3n) is 4.30. The number of carbonyl (C=O) groups excluding carboxylic acids is 1. The monoisotopic (exact) mass is 382 g/mol. The molecular formula is C19H18N4OS2.